The van der Waals surface area contributed by atoms with Crippen molar-refractivity contribution < 1.29 is 10.2 Å². The van der Waals surface area contributed by atoms with Crippen LogP contribution in [0.4, 0.5) is 0 Å². The Balaban J connectivity index is 1.50. The van der Waals surface area contributed by atoms with Crippen molar-refractivity contribution >= 4 is 0 Å². The van der Waals surface area contributed by atoms with Gasteiger partial charge in [-0.3, -0.25) is 0 Å². The molecule has 2 heterocycles. The van der Waals surface area contributed by atoms with Gasteiger partial charge in [-0.25, -0.2) is 0 Å². The summed E-state index contributed by atoms with van der Waals surface area (Å²) in [6, 6.07) is 0.499. The standard InChI is InChI=1S/C20H38N2O2/c1-3-20(24,17-9-6-12-21-17)11-10-15-13-18(22-14-15)19(2,23)16-7-4-5-8-16/h15-18,21-24H,3-14H2,1-2H3/t15?,17-,18-,19+,20?/m0/s1. The van der Waals surface area contributed by atoms with Crippen molar-refractivity contribution in [2.24, 2.45) is 11.8 Å². The molecule has 0 spiro atoms. The summed E-state index contributed by atoms with van der Waals surface area (Å²) in [5, 5.41) is 29.2. The van der Waals surface area contributed by atoms with Crippen LogP contribution >= 0.6 is 0 Å². The zero-order valence-corrected chi connectivity index (χ0v) is 15.7. The van der Waals surface area contributed by atoms with Crippen molar-refractivity contribution in [1.29, 1.82) is 0 Å². The molecule has 2 aliphatic heterocycles. The normalized spacial score (nSPS) is 36.8. The quantitative estimate of drug-likeness (QED) is 0.576. The van der Waals surface area contributed by atoms with E-state index in [1.807, 2.05) is 6.92 Å². The van der Waals surface area contributed by atoms with Gasteiger partial charge in [0, 0.05) is 12.1 Å². The van der Waals surface area contributed by atoms with Crippen LogP contribution in [-0.4, -0.2) is 46.6 Å². The third-order valence-electron chi connectivity index (χ3n) is 7.42. The molecule has 140 valence electrons. The zero-order valence-electron chi connectivity index (χ0n) is 15.7. The van der Waals surface area contributed by atoms with Crippen LogP contribution in [0.5, 0.6) is 0 Å². The molecule has 0 bridgehead atoms. The van der Waals surface area contributed by atoms with E-state index in [0.29, 0.717) is 11.8 Å². The van der Waals surface area contributed by atoms with Crippen molar-refractivity contribution in [3.63, 3.8) is 0 Å². The first-order valence-electron chi connectivity index (χ1n) is 10.4. The van der Waals surface area contributed by atoms with Crippen LogP contribution in [-0.2, 0) is 0 Å². The van der Waals surface area contributed by atoms with Crippen molar-refractivity contribution in [2.75, 3.05) is 13.1 Å². The van der Waals surface area contributed by atoms with Crippen LogP contribution in [0.15, 0.2) is 0 Å². The molecule has 4 N–H and O–H groups in total. The second-order valence-corrected chi connectivity index (χ2v) is 8.91. The van der Waals surface area contributed by atoms with E-state index in [1.54, 1.807) is 0 Å². The van der Waals surface area contributed by atoms with Crippen molar-refractivity contribution in [3.05, 3.63) is 0 Å². The highest BCUT2D eigenvalue weighted by atomic mass is 16.3. The fourth-order valence-electron chi connectivity index (χ4n) is 5.46. The highest BCUT2D eigenvalue weighted by Gasteiger charge is 2.44. The zero-order chi connectivity index (χ0) is 17.2. The van der Waals surface area contributed by atoms with Crippen molar-refractivity contribution in [3.8, 4) is 0 Å². The van der Waals surface area contributed by atoms with Crippen molar-refractivity contribution in [2.45, 2.75) is 101 Å². The summed E-state index contributed by atoms with van der Waals surface area (Å²) < 4.78 is 0. The predicted octanol–water partition coefficient (Wildman–Crippen LogP) is 2.58. The van der Waals surface area contributed by atoms with Gasteiger partial charge in [0.05, 0.1) is 11.2 Å². The van der Waals surface area contributed by atoms with Gasteiger partial charge in [0.25, 0.3) is 0 Å². The summed E-state index contributed by atoms with van der Waals surface area (Å²) in [7, 11) is 0. The fourth-order valence-corrected chi connectivity index (χ4v) is 5.46. The second-order valence-electron chi connectivity index (χ2n) is 8.91. The molecule has 5 atom stereocenters. The minimum Gasteiger partial charge on any atom is -0.388 e. The molecule has 0 radical (unpaired) electrons. The molecule has 0 aromatic heterocycles. The Morgan fingerprint density at radius 3 is 2.38 bits per heavy atom. The second kappa shape index (κ2) is 7.61. The monoisotopic (exact) mass is 338 g/mol. The van der Waals surface area contributed by atoms with E-state index in [-0.39, 0.29) is 12.1 Å². The Morgan fingerprint density at radius 2 is 1.75 bits per heavy atom. The molecule has 3 rings (SSSR count). The molecule has 2 saturated heterocycles. The average Bonchev–Trinajstić information content (AvgIpc) is 3.35. The topological polar surface area (TPSA) is 64.5 Å². The SMILES string of the molecule is CCC(O)(CCC1CN[C@H]([C@](C)(O)C2CCCC2)C1)[C@@H]1CCCN1. The van der Waals surface area contributed by atoms with Gasteiger partial charge in [-0.2, -0.15) is 0 Å². The highest BCUT2D eigenvalue weighted by Crippen LogP contribution is 2.40. The lowest BCUT2D eigenvalue weighted by atomic mass is 9.78. The van der Waals surface area contributed by atoms with Crippen LogP contribution in [0.2, 0.25) is 0 Å². The maximum absolute atomic E-state index is 11.1. The van der Waals surface area contributed by atoms with Gasteiger partial charge in [-0.05, 0) is 83.2 Å². The van der Waals surface area contributed by atoms with Gasteiger partial charge in [0.2, 0.25) is 0 Å². The molecule has 2 unspecified atom stereocenters. The van der Waals surface area contributed by atoms with Crippen LogP contribution in [0.25, 0.3) is 0 Å². The van der Waals surface area contributed by atoms with E-state index in [0.717, 1.165) is 45.2 Å². The smallest absolute Gasteiger partial charge is 0.0800 e. The van der Waals surface area contributed by atoms with E-state index in [9.17, 15) is 10.2 Å². The lowest BCUT2D eigenvalue weighted by Crippen LogP contribution is -2.50. The Morgan fingerprint density at radius 1 is 1.00 bits per heavy atom. The Labute approximate surface area is 147 Å². The maximum Gasteiger partial charge on any atom is 0.0800 e. The molecule has 4 heteroatoms. The first-order chi connectivity index (χ1) is 11.5. The van der Waals surface area contributed by atoms with E-state index in [2.05, 4.69) is 17.6 Å². The third kappa shape index (κ3) is 3.82. The van der Waals surface area contributed by atoms with E-state index in [1.165, 1.54) is 32.1 Å². The summed E-state index contributed by atoms with van der Waals surface area (Å²) in [4.78, 5) is 0. The third-order valence-corrected chi connectivity index (χ3v) is 7.42. The van der Waals surface area contributed by atoms with Gasteiger partial charge >= 0.3 is 0 Å². The Kier molecular flexibility index (Phi) is 5.90. The Hall–Kier alpha value is -0.160. The summed E-state index contributed by atoms with van der Waals surface area (Å²) >= 11 is 0. The van der Waals surface area contributed by atoms with Gasteiger partial charge in [0.1, 0.15) is 0 Å². The molecule has 4 nitrogen and oxygen atoms in total. The van der Waals surface area contributed by atoms with Crippen molar-refractivity contribution in [1.82, 2.24) is 10.6 Å². The fraction of sp³-hybridized carbons (Fsp3) is 1.00. The van der Waals surface area contributed by atoms with E-state index >= 15 is 0 Å². The summed E-state index contributed by atoms with van der Waals surface area (Å²) in [5.41, 5.74) is -1.12. The maximum atomic E-state index is 11.1. The first kappa shape index (κ1) is 18.6. The van der Waals surface area contributed by atoms with E-state index < -0.39 is 11.2 Å². The average molecular weight is 339 g/mol. The molecule has 1 aliphatic carbocycles. The molecular formula is C20H38N2O2. The molecule has 0 amide bonds. The molecule has 1 saturated carbocycles. The number of nitrogens with one attached hydrogen (secondary N) is 2. The number of hydrogen-bond acceptors (Lipinski definition) is 4. The minimum atomic E-state index is -0.570. The molecule has 0 aromatic carbocycles. The summed E-state index contributed by atoms with van der Waals surface area (Å²) in [6.07, 6.45) is 11.0. The van der Waals surface area contributed by atoms with Gasteiger partial charge in [-0.1, -0.05) is 19.8 Å². The molecule has 24 heavy (non-hydrogen) atoms. The van der Waals surface area contributed by atoms with Crippen LogP contribution < -0.4 is 10.6 Å². The lowest BCUT2D eigenvalue weighted by molar-refractivity contribution is -0.0296. The first-order valence-corrected chi connectivity index (χ1v) is 10.4. The molecule has 0 aromatic rings. The number of hydrogen-bond donors (Lipinski definition) is 4. The summed E-state index contributed by atoms with van der Waals surface area (Å²) in [6.45, 7) is 6.20. The van der Waals surface area contributed by atoms with Gasteiger partial charge in [-0.15, -0.1) is 0 Å². The largest absolute Gasteiger partial charge is 0.388 e. The van der Waals surface area contributed by atoms with Gasteiger partial charge < -0.3 is 20.8 Å². The molecule has 3 aliphatic rings. The van der Waals surface area contributed by atoms with E-state index in [4.69, 9.17) is 0 Å². The Bertz CT molecular complexity index is 402. The minimum absolute atomic E-state index is 0.227. The lowest BCUT2D eigenvalue weighted by Gasteiger charge is -2.36. The van der Waals surface area contributed by atoms with Crippen LogP contribution in [0.1, 0.15) is 78.1 Å². The molecular weight excluding hydrogens is 300 g/mol. The van der Waals surface area contributed by atoms with Crippen LogP contribution in [0, 0.1) is 11.8 Å². The summed E-state index contributed by atoms with van der Waals surface area (Å²) in [5.74, 6) is 1.05. The predicted molar refractivity (Wildman–Crippen MR) is 98.0 cm³/mol. The molecule has 3 fully saturated rings. The number of aliphatic hydroxyl groups is 2. The van der Waals surface area contributed by atoms with Crippen LogP contribution in [0.3, 0.4) is 0 Å². The van der Waals surface area contributed by atoms with Gasteiger partial charge in [0.15, 0.2) is 0 Å². The highest BCUT2D eigenvalue weighted by molar-refractivity contribution is 5.00. The number of rotatable bonds is 7.